The molecule has 0 spiro atoms. The summed E-state index contributed by atoms with van der Waals surface area (Å²) >= 11 is 0. The van der Waals surface area contributed by atoms with E-state index in [-0.39, 0.29) is 11.9 Å². The molecule has 1 aromatic heterocycles. The fraction of sp³-hybridized carbons (Fsp3) is 0.133. The lowest BCUT2D eigenvalue weighted by Gasteiger charge is -2.12. The highest BCUT2D eigenvalue weighted by molar-refractivity contribution is 5.74. The van der Waals surface area contributed by atoms with Crippen molar-refractivity contribution in [2.24, 2.45) is 0 Å². The van der Waals surface area contributed by atoms with E-state index < -0.39 is 0 Å². The minimum absolute atomic E-state index is 0.00587. The molecule has 3 aromatic rings. The van der Waals surface area contributed by atoms with Gasteiger partial charge in [-0.3, -0.25) is 0 Å². The Hall–Kier alpha value is -2.36. The third kappa shape index (κ3) is 2.42. The molecule has 0 aliphatic rings. The van der Waals surface area contributed by atoms with Gasteiger partial charge in [0.05, 0.1) is 6.04 Å². The molecule has 3 nitrogen and oxygen atoms in total. The molecule has 0 aliphatic carbocycles. The number of benzene rings is 2. The van der Waals surface area contributed by atoms with E-state index in [4.69, 9.17) is 4.42 Å². The third-order valence-corrected chi connectivity index (χ3v) is 3.00. The van der Waals surface area contributed by atoms with Crippen molar-refractivity contribution in [2.75, 3.05) is 5.32 Å². The summed E-state index contributed by atoms with van der Waals surface area (Å²) in [6.45, 7) is 1.97. The highest BCUT2D eigenvalue weighted by atomic mass is 19.1. The molecule has 4 heteroatoms. The number of hydrogen-bond donors (Lipinski definition) is 1. The highest BCUT2D eigenvalue weighted by Crippen LogP contribution is 2.22. The number of oxazole rings is 1. The van der Waals surface area contributed by atoms with Crippen LogP contribution < -0.4 is 5.32 Å². The molecule has 0 amide bonds. The fourth-order valence-corrected chi connectivity index (χ4v) is 1.95. The van der Waals surface area contributed by atoms with E-state index >= 15 is 0 Å². The van der Waals surface area contributed by atoms with Crippen LogP contribution in [0.4, 0.5) is 10.4 Å². The van der Waals surface area contributed by atoms with Crippen molar-refractivity contribution in [1.82, 2.24) is 4.98 Å². The van der Waals surface area contributed by atoms with Gasteiger partial charge in [0.2, 0.25) is 0 Å². The van der Waals surface area contributed by atoms with Crippen LogP contribution in [0.5, 0.6) is 0 Å². The van der Waals surface area contributed by atoms with Gasteiger partial charge in [-0.25, -0.2) is 4.39 Å². The van der Waals surface area contributed by atoms with Crippen molar-refractivity contribution < 1.29 is 8.81 Å². The SMILES string of the molecule is CC(Nc1nc2ccccc2o1)c1ccc(F)cc1. The summed E-state index contributed by atoms with van der Waals surface area (Å²) in [5.41, 5.74) is 2.54. The van der Waals surface area contributed by atoms with E-state index in [9.17, 15) is 4.39 Å². The van der Waals surface area contributed by atoms with Crippen molar-refractivity contribution in [2.45, 2.75) is 13.0 Å². The molecule has 3 rings (SSSR count). The van der Waals surface area contributed by atoms with E-state index in [1.54, 1.807) is 12.1 Å². The van der Waals surface area contributed by atoms with Gasteiger partial charge in [-0.2, -0.15) is 4.98 Å². The molecule has 0 aliphatic heterocycles. The van der Waals surface area contributed by atoms with Gasteiger partial charge in [-0.15, -0.1) is 0 Å². The summed E-state index contributed by atoms with van der Waals surface area (Å²) in [5, 5.41) is 3.17. The summed E-state index contributed by atoms with van der Waals surface area (Å²) in [5.74, 6) is -0.238. The smallest absolute Gasteiger partial charge is 0.296 e. The lowest BCUT2D eigenvalue weighted by Crippen LogP contribution is -2.06. The molecule has 1 atom stereocenters. The van der Waals surface area contributed by atoms with E-state index in [1.165, 1.54) is 12.1 Å². The first kappa shape index (κ1) is 11.7. The largest absolute Gasteiger partial charge is 0.424 e. The molecular weight excluding hydrogens is 243 g/mol. The van der Waals surface area contributed by atoms with Crippen molar-refractivity contribution >= 4 is 17.1 Å². The van der Waals surface area contributed by atoms with E-state index in [2.05, 4.69) is 10.3 Å². The highest BCUT2D eigenvalue weighted by Gasteiger charge is 2.10. The first-order chi connectivity index (χ1) is 9.22. The van der Waals surface area contributed by atoms with E-state index in [1.807, 2.05) is 31.2 Å². The van der Waals surface area contributed by atoms with Crippen LogP contribution in [0.25, 0.3) is 11.1 Å². The Labute approximate surface area is 110 Å². The molecule has 0 bridgehead atoms. The molecule has 1 N–H and O–H groups in total. The molecule has 0 saturated carbocycles. The lowest BCUT2D eigenvalue weighted by atomic mass is 10.1. The average Bonchev–Trinajstić information content (AvgIpc) is 2.81. The quantitative estimate of drug-likeness (QED) is 0.765. The monoisotopic (exact) mass is 256 g/mol. The first-order valence-electron chi connectivity index (χ1n) is 6.10. The topological polar surface area (TPSA) is 38.1 Å². The fourth-order valence-electron chi connectivity index (χ4n) is 1.95. The van der Waals surface area contributed by atoms with Crippen molar-refractivity contribution in [3.8, 4) is 0 Å². The van der Waals surface area contributed by atoms with Gasteiger partial charge in [0.15, 0.2) is 5.58 Å². The summed E-state index contributed by atoms with van der Waals surface area (Å²) < 4.78 is 18.5. The van der Waals surface area contributed by atoms with Gasteiger partial charge >= 0.3 is 0 Å². The van der Waals surface area contributed by atoms with Crippen LogP contribution in [0, 0.1) is 5.82 Å². The van der Waals surface area contributed by atoms with Gasteiger partial charge in [-0.1, -0.05) is 24.3 Å². The number of hydrogen-bond acceptors (Lipinski definition) is 3. The minimum Gasteiger partial charge on any atom is -0.424 e. The van der Waals surface area contributed by atoms with Crippen LogP contribution in [-0.2, 0) is 0 Å². The maximum atomic E-state index is 12.9. The summed E-state index contributed by atoms with van der Waals surface area (Å²) in [4.78, 5) is 4.34. The Balaban J connectivity index is 1.82. The molecule has 2 aromatic carbocycles. The van der Waals surface area contributed by atoms with Gasteiger partial charge in [0, 0.05) is 0 Å². The lowest BCUT2D eigenvalue weighted by molar-refractivity contribution is 0.603. The van der Waals surface area contributed by atoms with E-state index in [0.717, 1.165) is 16.7 Å². The molecular formula is C15H13FN2O. The van der Waals surface area contributed by atoms with Crippen LogP contribution in [0.2, 0.25) is 0 Å². The minimum atomic E-state index is -0.238. The van der Waals surface area contributed by atoms with Gasteiger partial charge < -0.3 is 9.73 Å². The Morgan fingerprint density at radius 2 is 1.84 bits per heavy atom. The summed E-state index contributed by atoms with van der Waals surface area (Å²) in [7, 11) is 0. The predicted octanol–water partition coefficient (Wildman–Crippen LogP) is 4.14. The van der Waals surface area contributed by atoms with Crippen LogP contribution in [0.1, 0.15) is 18.5 Å². The molecule has 0 fully saturated rings. The van der Waals surface area contributed by atoms with E-state index in [0.29, 0.717) is 6.01 Å². The van der Waals surface area contributed by atoms with Crippen LogP contribution in [0.3, 0.4) is 0 Å². The Morgan fingerprint density at radius 3 is 2.58 bits per heavy atom. The summed E-state index contributed by atoms with van der Waals surface area (Å²) in [6, 6.07) is 14.4. The second-order valence-electron chi connectivity index (χ2n) is 4.40. The number of nitrogens with zero attached hydrogens (tertiary/aromatic N) is 1. The zero-order valence-corrected chi connectivity index (χ0v) is 10.4. The zero-order chi connectivity index (χ0) is 13.2. The Bertz CT molecular complexity index is 658. The maximum absolute atomic E-state index is 12.9. The first-order valence-corrected chi connectivity index (χ1v) is 6.10. The number of anilines is 1. The second-order valence-corrected chi connectivity index (χ2v) is 4.40. The molecule has 96 valence electrons. The molecule has 1 heterocycles. The normalized spacial score (nSPS) is 12.5. The van der Waals surface area contributed by atoms with Crippen LogP contribution in [0.15, 0.2) is 52.9 Å². The van der Waals surface area contributed by atoms with Crippen LogP contribution >= 0.6 is 0 Å². The van der Waals surface area contributed by atoms with Gasteiger partial charge in [-0.05, 0) is 36.8 Å². The number of nitrogens with one attached hydrogen (secondary N) is 1. The zero-order valence-electron chi connectivity index (χ0n) is 10.4. The van der Waals surface area contributed by atoms with Gasteiger partial charge in [0.1, 0.15) is 11.3 Å². The van der Waals surface area contributed by atoms with Crippen LogP contribution in [-0.4, -0.2) is 4.98 Å². The second kappa shape index (κ2) is 4.72. The number of para-hydroxylation sites is 2. The Morgan fingerprint density at radius 1 is 1.11 bits per heavy atom. The predicted molar refractivity (Wildman–Crippen MR) is 72.4 cm³/mol. The molecule has 19 heavy (non-hydrogen) atoms. The molecule has 0 radical (unpaired) electrons. The standard InChI is InChI=1S/C15H13FN2O/c1-10(11-6-8-12(16)9-7-11)17-15-18-13-4-2-3-5-14(13)19-15/h2-10H,1H3,(H,17,18). The molecule has 1 unspecified atom stereocenters. The number of rotatable bonds is 3. The number of aromatic nitrogens is 1. The average molecular weight is 256 g/mol. The number of fused-ring (bicyclic) bond motifs is 1. The number of halogens is 1. The van der Waals surface area contributed by atoms with Gasteiger partial charge in [0.25, 0.3) is 6.01 Å². The molecule has 0 saturated heterocycles. The third-order valence-electron chi connectivity index (χ3n) is 3.00. The summed E-state index contributed by atoms with van der Waals surface area (Å²) in [6.07, 6.45) is 0. The van der Waals surface area contributed by atoms with Crippen molar-refractivity contribution in [3.63, 3.8) is 0 Å². The maximum Gasteiger partial charge on any atom is 0.296 e. The van der Waals surface area contributed by atoms with Crippen molar-refractivity contribution in [1.29, 1.82) is 0 Å². The van der Waals surface area contributed by atoms with Crippen molar-refractivity contribution in [3.05, 3.63) is 59.9 Å². The Kier molecular flexibility index (Phi) is 2.91.